The Morgan fingerprint density at radius 1 is 1.24 bits per heavy atom. The molecule has 6 nitrogen and oxygen atoms in total. The van der Waals surface area contributed by atoms with Crippen LogP contribution in [0.1, 0.15) is 44.2 Å². The molecular weight excluding hydrogens is 481 g/mol. The Kier molecular flexibility index (Phi) is 14.1. The van der Waals surface area contributed by atoms with Gasteiger partial charge in [0.1, 0.15) is 5.75 Å². The van der Waals surface area contributed by atoms with Gasteiger partial charge in [0.15, 0.2) is 5.96 Å². The molecule has 1 aromatic carbocycles. The predicted molar refractivity (Wildman–Crippen MR) is 130 cm³/mol. The largest absolute Gasteiger partial charge is 0.493 e. The molecule has 0 aromatic heterocycles. The highest BCUT2D eigenvalue weighted by atomic mass is 127. The summed E-state index contributed by atoms with van der Waals surface area (Å²) in [7, 11) is 0. The third-order valence-corrected chi connectivity index (χ3v) is 4.65. The van der Waals surface area contributed by atoms with E-state index in [1.54, 1.807) is 0 Å². The van der Waals surface area contributed by atoms with E-state index in [1.807, 2.05) is 0 Å². The van der Waals surface area contributed by atoms with Gasteiger partial charge in [0.2, 0.25) is 0 Å². The highest BCUT2D eigenvalue weighted by Crippen LogP contribution is 2.23. The fraction of sp³-hybridized carbons (Fsp3) is 0.682. The minimum atomic E-state index is 0. The van der Waals surface area contributed by atoms with Crippen molar-refractivity contribution in [1.82, 2.24) is 10.6 Å². The first-order chi connectivity index (χ1) is 13.7. The lowest BCUT2D eigenvalue weighted by Gasteiger charge is -2.15. The summed E-state index contributed by atoms with van der Waals surface area (Å²) in [6.07, 6.45) is 3.34. The van der Waals surface area contributed by atoms with Gasteiger partial charge in [0, 0.05) is 37.8 Å². The van der Waals surface area contributed by atoms with E-state index in [4.69, 9.17) is 19.2 Å². The topological polar surface area (TPSA) is 64.1 Å². The number of rotatable bonds is 12. The minimum Gasteiger partial charge on any atom is -0.493 e. The van der Waals surface area contributed by atoms with Crippen molar-refractivity contribution in [2.75, 3.05) is 46.1 Å². The number of unbranched alkanes of at least 4 members (excludes halogenated alkanes) is 1. The lowest BCUT2D eigenvalue weighted by Crippen LogP contribution is -2.39. The van der Waals surface area contributed by atoms with Gasteiger partial charge in [-0.3, -0.25) is 0 Å². The highest BCUT2D eigenvalue weighted by Gasteiger charge is 2.17. The summed E-state index contributed by atoms with van der Waals surface area (Å²) in [4.78, 5) is 4.72. The van der Waals surface area contributed by atoms with Gasteiger partial charge in [-0.2, -0.15) is 0 Å². The smallest absolute Gasteiger partial charge is 0.191 e. The third-order valence-electron chi connectivity index (χ3n) is 4.65. The number of ether oxygens (including phenoxy) is 3. The SMILES string of the molecule is CCCCOCCNC(=NCc1ccc(C)cc1OCC1CCOC1)NCC.I. The van der Waals surface area contributed by atoms with Crippen molar-refractivity contribution in [2.24, 2.45) is 10.9 Å². The molecule has 2 N–H and O–H groups in total. The number of nitrogens with one attached hydrogen (secondary N) is 2. The Labute approximate surface area is 193 Å². The van der Waals surface area contributed by atoms with E-state index in [0.29, 0.717) is 25.7 Å². The van der Waals surface area contributed by atoms with Crippen LogP contribution in [0, 0.1) is 12.8 Å². The quantitative estimate of drug-likeness (QED) is 0.190. The molecule has 1 aromatic rings. The lowest BCUT2D eigenvalue weighted by molar-refractivity contribution is 0.136. The van der Waals surface area contributed by atoms with E-state index in [1.165, 1.54) is 5.56 Å². The summed E-state index contributed by atoms with van der Waals surface area (Å²) in [5.74, 6) is 2.22. The fourth-order valence-corrected chi connectivity index (χ4v) is 2.95. The van der Waals surface area contributed by atoms with Gasteiger partial charge >= 0.3 is 0 Å². The van der Waals surface area contributed by atoms with E-state index >= 15 is 0 Å². The van der Waals surface area contributed by atoms with E-state index < -0.39 is 0 Å². The number of aryl methyl sites for hydroxylation is 1. The zero-order valence-electron chi connectivity index (χ0n) is 18.2. The molecule has 1 atom stereocenters. The molecule has 1 saturated heterocycles. The molecule has 1 unspecified atom stereocenters. The zero-order valence-corrected chi connectivity index (χ0v) is 20.5. The van der Waals surface area contributed by atoms with Gasteiger partial charge in [-0.05, 0) is 38.3 Å². The first-order valence-electron chi connectivity index (χ1n) is 10.6. The fourth-order valence-electron chi connectivity index (χ4n) is 2.95. The minimum absolute atomic E-state index is 0. The summed E-state index contributed by atoms with van der Waals surface area (Å²) >= 11 is 0. The van der Waals surface area contributed by atoms with Crippen molar-refractivity contribution >= 4 is 29.9 Å². The lowest BCUT2D eigenvalue weighted by atomic mass is 10.1. The van der Waals surface area contributed by atoms with Crippen LogP contribution < -0.4 is 15.4 Å². The Hall–Kier alpha value is -1.06. The van der Waals surface area contributed by atoms with E-state index in [0.717, 1.165) is 69.4 Å². The molecule has 1 heterocycles. The number of benzene rings is 1. The van der Waals surface area contributed by atoms with Crippen molar-refractivity contribution in [1.29, 1.82) is 0 Å². The number of aliphatic imine (C=N–C) groups is 1. The maximum Gasteiger partial charge on any atom is 0.191 e. The van der Waals surface area contributed by atoms with Crippen molar-refractivity contribution in [3.05, 3.63) is 29.3 Å². The second kappa shape index (κ2) is 15.7. The van der Waals surface area contributed by atoms with Crippen LogP contribution in [0.3, 0.4) is 0 Å². The second-order valence-electron chi connectivity index (χ2n) is 7.24. The highest BCUT2D eigenvalue weighted by molar-refractivity contribution is 14.0. The van der Waals surface area contributed by atoms with Crippen LogP contribution in [-0.2, 0) is 16.0 Å². The normalized spacial score (nSPS) is 16.4. The van der Waals surface area contributed by atoms with E-state index in [2.05, 4.69) is 49.6 Å². The van der Waals surface area contributed by atoms with Gasteiger partial charge in [0.25, 0.3) is 0 Å². The Balaban J connectivity index is 0.00000420. The predicted octanol–water partition coefficient (Wildman–Crippen LogP) is 3.90. The standard InChI is InChI=1S/C22H37N3O3.HI/c1-4-6-11-26-13-10-24-22(23-5-2)25-15-20-8-7-18(3)14-21(20)28-17-19-9-12-27-16-19;/h7-8,14,19H,4-6,9-13,15-17H2,1-3H3,(H2,23,24,25);1H. The summed E-state index contributed by atoms with van der Waals surface area (Å²) in [5, 5.41) is 6.62. The Morgan fingerprint density at radius 2 is 2.10 bits per heavy atom. The molecule has 1 aliphatic rings. The number of halogens is 1. The molecule has 1 aliphatic heterocycles. The molecule has 7 heteroatoms. The van der Waals surface area contributed by atoms with Crippen LogP contribution in [0.15, 0.2) is 23.2 Å². The number of guanidine groups is 1. The summed E-state index contributed by atoms with van der Waals surface area (Å²) < 4.78 is 17.2. The van der Waals surface area contributed by atoms with E-state index in [-0.39, 0.29) is 24.0 Å². The molecule has 2 rings (SSSR count). The first kappa shape index (κ1) is 26.0. The van der Waals surface area contributed by atoms with Crippen molar-refractivity contribution in [2.45, 2.75) is 46.6 Å². The maximum atomic E-state index is 6.12. The molecule has 29 heavy (non-hydrogen) atoms. The molecule has 166 valence electrons. The van der Waals surface area contributed by atoms with Crippen LogP contribution in [0.5, 0.6) is 5.75 Å². The van der Waals surface area contributed by atoms with E-state index in [9.17, 15) is 0 Å². The summed E-state index contributed by atoms with van der Waals surface area (Å²) in [6.45, 7) is 12.3. The molecule has 0 saturated carbocycles. The monoisotopic (exact) mass is 519 g/mol. The third kappa shape index (κ3) is 10.5. The molecule has 0 spiro atoms. The number of hydrogen-bond donors (Lipinski definition) is 2. The molecule has 0 bridgehead atoms. The Bertz CT molecular complexity index is 593. The Morgan fingerprint density at radius 3 is 2.83 bits per heavy atom. The average molecular weight is 519 g/mol. The molecular formula is C22H38IN3O3. The van der Waals surface area contributed by atoms with Gasteiger partial charge < -0.3 is 24.8 Å². The van der Waals surface area contributed by atoms with Crippen LogP contribution in [0.4, 0.5) is 0 Å². The molecule has 0 amide bonds. The van der Waals surface area contributed by atoms with Crippen molar-refractivity contribution in [3.8, 4) is 5.75 Å². The first-order valence-corrected chi connectivity index (χ1v) is 10.6. The molecule has 1 fully saturated rings. The number of nitrogens with zero attached hydrogens (tertiary/aromatic N) is 1. The van der Waals surface area contributed by atoms with Gasteiger partial charge in [-0.1, -0.05) is 25.5 Å². The van der Waals surface area contributed by atoms with Crippen LogP contribution in [-0.4, -0.2) is 52.1 Å². The average Bonchev–Trinajstić information content (AvgIpc) is 3.21. The second-order valence-corrected chi connectivity index (χ2v) is 7.24. The maximum absolute atomic E-state index is 6.12. The molecule has 0 radical (unpaired) electrons. The van der Waals surface area contributed by atoms with Crippen molar-refractivity contribution < 1.29 is 14.2 Å². The van der Waals surface area contributed by atoms with Crippen molar-refractivity contribution in [3.63, 3.8) is 0 Å². The zero-order chi connectivity index (χ0) is 20.0. The van der Waals surface area contributed by atoms with Crippen LogP contribution in [0.2, 0.25) is 0 Å². The van der Waals surface area contributed by atoms with Crippen LogP contribution >= 0.6 is 24.0 Å². The van der Waals surface area contributed by atoms with Gasteiger partial charge in [-0.25, -0.2) is 4.99 Å². The van der Waals surface area contributed by atoms with Crippen LogP contribution in [0.25, 0.3) is 0 Å². The number of hydrogen-bond acceptors (Lipinski definition) is 4. The van der Waals surface area contributed by atoms with Gasteiger partial charge in [0.05, 0.1) is 26.4 Å². The summed E-state index contributed by atoms with van der Waals surface area (Å²) in [5.41, 5.74) is 2.29. The van der Waals surface area contributed by atoms with Gasteiger partial charge in [-0.15, -0.1) is 24.0 Å². The molecule has 0 aliphatic carbocycles. The summed E-state index contributed by atoms with van der Waals surface area (Å²) in [6, 6.07) is 6.32.